The topological polar surface area (TPSA) is 28.5 Å². The van der Waals surface area contributed by atoms with Crippen molar-refractivity contribution in [1.29, 1.82) is 0 Å². The molecule has 0 saturated carbocycles. The molecular formula is C5H5CrO. The molecule has 0 heterocycles. The SMILES string of the molecule is [C-]1=CC=CC1.[Cr+3].[O-2]. The van der Waals surface area contributed by atoms with E-state index in [1.54, 1.807) is 0 Å². The number of rotatable bonds is 0. The van der Waals surface area contributed by atoms with Crippen LogP contribution in [0.4, 0.5) is 0 Å². The Morgan fingerprint density at radius 2 is 2.14 bits per heavy atom. The van der Waals surface area contributed by atoms with E-state index in [1.165, 1.54) is 0 Å². The van der Waals surface area contributed by atoms with E-state index >= 15 is 0 Å². The molecule has 0 bridgehead atoms. The summed E-state index contributed by atoms with van der Waals surface area (Å²) in [6.45, 7) is 0. The van der Waals surface area contributed by atoms with Gasteiger partial charge in [0.2, 0.25) is 0 Å². The zero-order valence-electron chi connectivity index (χ0n) is 3.76. The van der Waals surface area contributed by atoms with Gasteiger partial charge in [0.1, 0.15) is 0 Å². The fourth-order valence-corrected chi connectivity index (χ4v) is 0.340. The van der Waals surface area contributed by atoms with E-state index in [2.05, 4.69) is 12.2 Å². The van der Waals surface area contributed by atoms with Gasteiger partial charge in [0.05, 0.1) is 0 Å². The van der Waals surface area contributed by atoms with Crippen LogP contribution in [0.2, 0.25) is 0 Å². The quantitative estimate of drug-likeness (QED) is 0.444. The van der Waals surface area contributed by atoms with Crippen molar-refractivity contribution >= 4 is 0 Å². The van der Waals surface area contributed by atoms with Crippen LogP contribution < -0.4 is 0 Å². The maximum atomic E-state index is 2.99. The molecule has 0 aromatic heterocycles. The summed E-state index contributed by atoms with van der Waals surface area (Å²) in [6.07, 6.45) is 10.0. The molecule has 0 aliphatic heterocycles. The monoisotopic (exact) mass is 133 g/mol. The van der Waals surface area contributed by atoms with Crippen LogP contribution in [0.5, 0.6) is 0 Å². The molecule has 0 N–H and O–H groups in total. The standard InChI is InChI=1S/C5H5.Cr.O/c1-2-4-5-3-1;;/h1-3H,4H2;;/q-1;+3;-2. The maximum Gasteiger partial charge on any atom is 3.00 e. The Bertz CT molecular complexity index is 66.1. The van der Waals surface area contributed by atoms with Crippen LogP contribution in [-0.4, -0.2) is 0 Å². The normalized spacial score (nSPS) is 12.6. The van der Waals surface area contributed by atoms with Gasteiger partial charge in [-0.3, -0.25) is 6.08 Å². The van der Waals surface area contributed by atoms with Gasteiger partial charge in [0.15, 0.2) is 0 Å². The van der Waals surface area contributed by atoms with Crippen LogP contribution in [0, 0.1) is 6.08 Å². The molecule has 0 spiro atoms. The summed E-state index contributed by atoms with van der Waals surface area (Å²) in [6, 6.07) is 0. The summed E-state index contributed by atoms with van der Waals surface area (Å²) in [5.74, 6) is 0. The van der Waals surface area contributed by atoms with Gasteiger partial charge >= 0.3 is 17.4 Å². The van der Waals surface area contributed by atoms with E-state index in [0.29, 0.717) is 0 Å². The molecule has 0 fully saturated rings. The average molecular weight is 133 g/mol. The van der Waals surface area contributed by atoms with E-state index in [0.717, 1.165) is 6.42 Å². The second kappa shape index (κ2) is 5.97. The molecule has 0 atom stereocenters. The Kier molecular flexibility index (Phi) is 8.58. The van der Waals surface area contributed by atoms with Crippen molar-refractivity contribution in [3.8, 4) is 0 Å². The first kappa shape index (κ1) is 10.1. The molecule has 0 unspecified atom stereocenters. The molecule has 0 amide bonds. The molecule has 1 aliphatic rings. The van der Waals surface area contributed by atoms with Crippen molar-refractivity contribution in [2.45, 2.75) is 6.42 Å². The summed E-state index contributed by atoms with van der Waals surface area (Å²) >= 11 is 0. The van der Waals surface area contributed by atoms with Gasteiger partial charge in [-0.25, -0.2) is 12.2 Å². The Hall–Kier alpha value is -0.0275. The van der Waals surface area contributed by atoms with Crippen LogP contribution in [0.25, 0.3) is 0 Å². The zero-order chi connectivity index (χ0) is 3.54. The fourth-order valence-electron chi connectivity index (χ4n) is 0.340. The number of hydrogen-bond acceptors (Lipinski definition) is 0. The van der Waals surface area contributed by atoms with E-state index in [1.807, 2.05) is 12.2 Å². The Labute approximate surface area is 54.2 Å². The Balaban J connectivity index is 0. The largest absolute Gasteiger partial charge is 3.00 e. The van der Waals surface area contributed by atoms with Gasteiger partial charge in [-0.05, 0) is 0 Å². The van der Waals surface area contributed by atoms with Crippen molar-refractivity contribution in [2.75, 3.05) is 0 Å². The summed E-state index contributed by atoms with van der Waals surface area (Å²) in [5, 5.41) is 0. The van der Waals surface area contributed by atoms with Crippen LogP contribution >= 0.6 is 0 Å². The molecule has 2 heteroatoms. The van der Waals surface area contributed by atoms with E-state index in [-0.39, 0.29) is 22.8 Å². The second-order valence-electron chi connectivity index (χ2n) is 1.00. The third-order valence-corrected chi connectivity index (χ3v) is 0.586. The maximum absolute atomic E-state index is 2.99. The Morgan fingerprint density at radius 1 is 1.43 bits per heavy atom. The smallest absolute Gasteiger partial charge is 2.00 e. The third kappa shape index (κ3) is 3.81. The minimum Gasteiger partial charge on any atom is -2.00 e. The van der Waals surface area contributed by atoms with Crippen LogP contribution in [-0.2, 0) is 22.8 Å². The van der Waals surface area contributed by atoms with Crippen LogP contribution in [0.15, 0.2) is 18.2 Å². The molecule has 1 nitrogen and oxygen atoms in total. The molecule has 1 radical (unpaired) electrons. The van der Waals surface area contributed by atoms with E-state index in [4.69, 9.17) is 0 Å². The first-order valence-electron chi connectivity index (χ1n) is 1.72. The summed E-state index contributed by atoms with van der Waals surface area (Å²) < 4.78 is 0. The third-order valence-electron chi connectivity index (χ3n) is 0.586. The van der Waals surface area contributed by atoms with Gasteiger partial charge in [-0.15, -0.1) is 6.42 Å². The molecule has 37 valence electrons. The number of hydrogen-bond donors (Lipinski definition) is 0. The van der Waals surface area contributed by atoms with E-state index < -0.39 is 0 Å². The van der Waals surface area contributed by atoms with Gasteiger partial charge in [0, 0.05) is 0 Å². The summed E-state index contributed by atoms with van der Waals surface area (Å²) in [5.41, 5.74) is 0. The summed E-state index contributed by atoms with van der Waals surface area (Å²) in [4.78, 5) is 0. The van der Waals surface area contributed by atoms with Gasteiger partial charge < -0.3 is 5.48 Å². The zero-order valence-corrected chi connectivity index (χ0v) is 5.03. The molecule has 0 saturated heterocycles. The average Bonchev–Trinajstić information content (AvgIpc) is 1.76. The molecule has 1 rings (SSSR count). The molecule has 7 heavy (non-hydrogen) atoms. The molecule has 1 aliphatic carbocycles. The number of allylic oxidation sites excluding steroid dienone is 4. The van der Waals surface area contributed by atoms with Gasteiger partial charge in [0.25, 0.3) is 0 Å². The van der Waals surface area contributed by atoms with Crippen LogP contribution in [0.3, 0.4) is 0 Å². The van der Waals surface area contributed by atoms with Gasteiger partial charge in [-0.2, -0.15) is 6.08 Å². The summed E-state index contributed by atoms with van der Waals surface area (Å²) in [7, 11) is 0. The first-order valence-corrected chi connectivity index (χ1v) is 1.72. The molecule has 0 aromatic rings. The predicted octanol–water partition coefficient (Wildman–Crippen LogP) is 1.18. The van der Waals surface area contributed by atoms with Crippen molar-refractivity contribution in [3.63, 3.8) is 0 Å². The fraction of sp³-hybridized carbons (Fsp3) is 0.200. The van der Waals surface area contributed by atoms with Crippen molar-refractivity contribution in [2.24, 2.45) is 0 Å². The first-order chi connectivity index (χ1) is 2.50. The molecular weight excluding hydrogens is 128 g/mol. The minimum absolute atomic E-state index is 0. The van der Waals surface area contributed by atoms with Gasteiger partial charge in [-0.1, -0.05) is 0 Å². The predicted molar refractivity (Wildman–Crippen MR) is 22.3 cm³/mol. The molecule has 0 aromatic carbocycles. The Morgan fingerprint density at radius 3 is 2.29 bits per heavy atom. The second-order valence-corrected chi connectivity index (χ2v) is 1.00. The van der Waals surface area contributed by atoms with Crippen molar-refractivity contribution in [3.05, 3.63) is 24.3 Å². The van der Waals surface area contributed by atoms with E-state index in [9.17, 15) is 0 Å². The van der Waals surface area contributed by atoms with Crippen LogP contribution in [0.1, 0.15) is 6.42 Å². The van der Waals surface area contributed by atoms with Crippen molar-refractivity contribution < 1.29 is 22.8 Å². The van der Waals surface area contributed by atoms with Crippen molar-refractivity contribution in [1.82, 2.24) is 0 Å². The minimum atomic E-state index is 0.